The minimum atomic E-state index is 0. The second-order valence-electron chi connectivity index (χ2n) is 0.210. The van der Waals surface area contributed by atoms with Crippen LogP contribution in [0.25, 0.3) is 0 Å². The third-order valence-corrected chi connectivity index (χ3v) is 0.278. The first-order valence-corrected chi connectivity index (χ1v) is 1.69. The van der Waals surface area contributed by atoms with Crippen molar-refractivity contribution in [3.8, 4) is 9.94 Å². The quantitative estimate of drug-likeness (QED) is 0.430. The van der Waals surface area contributed by atoms with Crippen molar-refractivity contribution in [3.05, 3.63) is 0 Å². The van der Waals surface area contributed by atoms with Crippen LogP contribution in [0.1, 0.15) is 0 Å². The average molecular weight is 139 g/mol. The molecular formula is C2CuN2Na. The Hall–Kier alpha value is 0.499. The van der Waals surface area contributed by atoms with Crippen molar-refractivity contribution in [1.29, 1.82) is 10.5 Å². The fraction of sp³-hybridized carbons (Fsp3) is 0. The largest absolute Gasteiger partial charge is 0 e. The molecule has 0 aliphatic rings. The van der Waals surface area contributed by atoms with Crippen LogP contribution in [-0.2, 0) is 15.0 Å². The third-order valence-electron chi connectivity index (χ3n) is 0.0674. The van der Waals surface area contributed by atoms with Crippen LogP contribution in [0.2, 0.25) is 0 Å². The zero-order valence-corrected chi connectivity index (χ0v) is 6.14. The molecule has 0 unspecified atom stereocenters. The molecule has 0 aromatic heterocycles. The summed E-state index contributed by atoms with van der Waals surface area (Å²) < 4.78 is 0. The summed E-state index contributed by atoms with van der Waals surface area (Å²) in [5.74, 6) is 0. The van der Waals surface area contributed by atoms with E-state index < -0.39 is 0 Å². The van der Waals surface area contributed by atoms with Gasteiger partial charge in [0.15, 0.2) is 0 Å². The Morgan fingerprint density at radius 1 is 1.17 bits per heavy atom. The second kappa shape index (κ2) is 9.09. The maximum absolute atomic E-state index is 7.55. The van der Waals surface area contributed by atoms with Gasteiger partial charge in [0, 0.05) is 29.6 Å². The Balaban J connectivity index is 0. The van der Waals surface area contributed by atoms with Gasteiger partial charge in [-0.25, -0.2) is 0 Å². The molecule has 0 heterocycles. The molecule has 0 atom stereocenters. The van der Waals surface area contributed by atoms with Gasteiger partial charge in [-0.05, 0) is 0 Å². The van der Waals surface area contributed by atoms with E-state index in [0.29, 0.717) is 15.0 Å². The summed E-state index contributed by atoms with van der Waals surface area (Å²) in [7, 11) is 0. The number of nitrogens with zero attached hydrogens (tertiary/aromatic N) is 2. The molecule has 0 bridgehead atoms. The molecule has 0 aromatic rings. The summed E-state index contributed by atoms with van der Waals surface area (Å²) in [6.45, 7) is 0. The van der Waals surface area contributed by atoms with Gasteiger partial charge in [-0.15, -0.1) is 0 Å². The first-order valence-electron chi connectivity index (χ1n) is 0.749. The standard InChI is InChI=1S/2CN.Cu.Na/c2*1-2;;. The van der Waals surface area contributed by atoms with Crippen molar-refractivity contribution in [3.63, 3.8) is 0 Å². The van der Waals surface area contributed by atoms with Crippen molar-refractivity contribution in [2.75, 3.05) is 0 Å². The van der Waals surface area contributed by atoms with Gasteiger partial charge in [0.1, 0.15) is 0 Å². The summed E-state index contributed by atoms with van der Waals surface area (Å²) in [6.07, 6.45) is 0. The first-order chi connectivity index (χ1) is 2.41. The van der Waals surface area contributed by atoms with E-state index in [-0.39, 0.29) is 29.6 Å². The maximum Gasteiger partial charge on any atom is 0 e. The monoisotopic (exact) mass is 138 g/mol. The molecule has 30 valence electrons. The van der Waals surface area contributed by atoms with Crippen LogP contribution >= 0.6 is 0 Å². The molecule has 0 saturated carbocycles. The number of hydrogen-bond acceptors (Lipinski definition) is 2. The number of rotatable bonds is 0. The van der Waals surface area contributed by atoms with Gasteiger partial charge < -0.3 is 0 Å². The Labute approximate surface area is 64.6 Å². The van der Waals surface area contributed by atoms with E-state index >= 15 is 0 Å². The maximum atomic E-state index is 7.55. The molecule has 4 heteroatoms. The Kier molecular flexibility index (Phi) is 14.7. The molecule has 1 radical (unpaired) electrons. The van der Waals surface area contributed by atoms with Gasteiger partial charge >= 0.3 is 35.4 Å². The van der Waals surface area contributed by atoms with Crippen molar-refractivity contribution < 1.29 is 15.0 Å². The fourth-order valence-electron chi connectivity index (χ4n) is 0.0151. The van der Waals surface area contributed by atoms with Gasteiger partial charge in [0.05, 0.1) is 0 Å². The summed E-state index contributed by atoms with van der Waals surface area (Å²) >= 11 is 0.646. The van der Waals surface area contributed by atoms with E-state index in [1.165, 1.54) is 0 Å². The second-order valence-corrected chi connectivity index (χ2v) is 0.867. The van der Waals surface area contributed by atoms with Crippen molar-refractivity contribution in [2.45, 2.75) is 0 Å². The minimum Gasteiger partial charge on any atom is 0 e. The normalized spacial score (nSPS) is 4.33. The Bertz CT molecular complexity index is 76.7. The molecule has 0 spiro atoms. The van der Waals surface area contributed by atoms with Crippen molar-refractivity contribution in [1.82, 2.24) is 0 Å². The van der Waals surface area contributed by atoms with Crippen molar-refractivity contribution >= 4 is 29.6 Å². The van der Waals surface area contributed by atoms with Gasteiger partial charge in [-0.3, -0.25) is 0 Å². The summed E-state index contributed by atoms with van der Waals surface area (Å²) in [4.78, 5) is 3.12. The molecule has 2 nitrogen and oxygen atoms in total. The Morgan fingerprint density at radius 2 is 1.50 bits per heavy atom. The van der Waals surface area contributed by atoms with Crippen molar-refractivity contribution in [2.24, 2.45) is 0 Å². The predicted octanol–water partition coefficient (Wildman–Crippen LogP) is -0.350. The van der Waals surface area contributed by atoms with Crippen LogP contribution in [0.3, 0.4) is 0 Å². The molecule has 0 fully saturated rings. The molecule has 0 aliphatic heterocycles. The minimum absolute atomic E-state index is 0. The van der Waals surface area contributed by atoms with Gasteiger partial charge in [0.25, 0.3) is 0 Å². The molecule has 0 N–H and O–H groups in total. The molecule has 6 heavy (non-hydrogen) atoms. The van der Waals surface area contributed by atoms with Crippen LogP contribution in [0.15, 0.2) is 0 Å². The van der Waals surface area contributed by atoms with Crippen LogP contribution in [0.5, 0.6) is 0 Å². The predicted molar refractivity (Wildman–Crippen MR) is 17.0 cm³/mol. The summed E-state index contributed by atoms with van der Waals surface area (Å²) in [6, 6.07) is 0. The molecule has 0 aromatic carbocycles. The molecule has 0 amide bonds. The van der Waals surface area contributed by atoms with Crippen LogP contribution in [-0.4, -0.2) is 29.6 Å². The molecular weight excluding hydrogens is 139 g/mol. The van der Waals surface area contributed by atoms with Crippen LogP contribution in [0.4, 0.5) is 0 Å². The van der Waals surface area contributed by atoms with Gasteiger partial charge in [0.2, 0.25) is 0 Å². The van der Waals surface area contributed by atoms with E-state index in [4.69, 9.17) is 10.5 Å². The van der Waals surface area contributed by atoms with Crippen LogP contribution < -0.4 is 0 Å². The summed E-state index contributed by atoms with van der Waals surface area (Å²) in [5.41, 5.74) is 0. The molecule has 0 saturated heterocycles. The SMILES string of the molecule is N#[C][Cu][C]#N.[Na]. The topological polar surface area (TPSA) is 47.6 Å². The Morgan fingerprint density at radius 3 is 1.50 bits per heavy atom. The van der Waals surface area contributed by atoms with E-state index in [9.17, 15) is 0 Å². The summed E-state index contributed by atoms with van der Waals surface area (Å²) in [5, 5.41) is 15.1. The number of hydrogen-bond donors (Lipinski definition) is 0. The van der Waals surface area contributed by atoms with Gasteiger partial charge in [-0.1, -0.05) is 0 Å². The fourth-order valence-corrected chi connectivity index (χ4v) is 0.0622. The third kappa shape index (κ3) is 8.82. The molecule has 0 rings (SSSR count). The van der Waals surface area contributed by atoms with E-state index in [2.05, 4.69) is 0 Å². The smallest absolute Gasteiger partial charge is 0 e. The van der Waals surface area contributed by atoms with E-state index in [1.807, 2.05) is 0 Å². The zero-order chi connectivity index (χ0) is 4.12. The molecule has 0 aliphatic carbocycles. The van der Waals surface area contributed by atoms with Gasteiger partial charge in [-0.2, -0.15) is 0 Å². The first kappa shape index (κ1) is 9.71. The number of nitriles is 2. The van der Waals surface area contributed by atoms with Crippen LogP contribution in [0, 0.1) is 20.5 Å². The van der Waals surface area contributed by atoms with E-state index in [1.54, 1.807) is 9.94 Å². The van der Waals surface area contributed by atoms with E-state index in [0.717, 1.165) is 0 Å². The zero-order valence-electron chi connectivity index (χ0n) is 3.20. The average Bonchev–Trinajstić information content (AvgIpc) is 1.41.